The van der Waals surface area contributed by atoms with Crippen LogP contribution in [-0.4, -0.2) is 52.5 Å². The predicted molar refractivity (Wildman–Crippen MR) is 108 cm³/mol. The Hall–Kier alpha value is -1.95. The van der Waals surface area contributed by atoms with E-state index in [-0.39, 0.29) is 24.0 Å². The summed E-state index contributed by atoms with van der Waals surface area (Å²) in [5.74, 6) is -0.275. The number of carbonyl (C=O) groups excluding carboxylic acids is 2. The van der Waals surface area contributed by atoms with E-state index in [1.165, 1.54) is 6.42 Å². The van der Waals surface area contributed by atoms with E-state index in [0.717, 1.165) is 38.5 Å². The third kappa shape index (κ3) is 4.72. The van der Waals surface area contributed by atoms with Crippen LogP contribution in [0.5, 0.6) is 0 Å². The van der Waals surface area contributed by atoms with Crippen molar-refractivity contribution in [3.63, 3.8) is 0 Å². The second-order valence-corrected chi connectivity index (χ2v) is 8.20. The standard InChI is InChI=1S/C22H33N3O3/c1-3-22(2,21(27)24-17-10-5-4-6-11-17)25(16-18-12-9-15-28-18)20(26)19-13-7-8-14-23-19/h7-8,13-14,17-18H,3-6,9-12,15-16H2,1-2H3,(H,24,27)/t18-,22-/m0/s1. The summed E-state index contributed by atoms with van der Waals surface area (Å²) in [5.41, 5.74) is -0.566. The second kappa shape index (κ2) is 9.50. The number of ether oxygens (including phenoxy) is 1. The van der Waals surface area contributed by atoms with Gasteiger partial charge in [-0.25, -0.2) is 0 Å². The van der Waals surface area contributed by atoms with E-state index in [1.54, 1.807) is 29.3 Å². The molecule has 0 radical (unpaired) electrons. The van der Waals surface area contributed by atoms with Gasteiger partial charge in [-0.05, 0) is 51.2 Å². The third-order valence-corrected chi connectivity index (χ3v) is 6.25. The molecule has 6 heteroatoms. The number of hydrogen-bond donors (Lipinski definition) is 1. The van der Waals surface area contributed by atoms with Gasteiger partial charge in [0, 0.05) is 25.4 Å². The highest BCUT2D eigenvalue weighted by atomic mass is 16.5. The molecule has 1 aromatic rings. The molecule has 1 N–H and O–H groups in total. The minimum atomic E-state index is -0.933. The van der Waals surface area contributed by atoms with E-state index < -0.39 is 5.54 Å². The molecule has 6 nitrogen and oxygen atoms in total. The van der Waals surface area contributed by atoms with Crippen LogP contribution in [0.4, 0.5) is 0 Å². The number of carbonyl (C=O) groups is 2. The summed E-state index contributed by atoms with van der Waals surface area (Å²) < 4.78 is 5.79. The number of nitrogens with zero attached hydrogens (tertiary/aromatic N) is 2. The molecule has 28 heavy (non-hydrogen) atoms. The van der Waals surface area contributed by atoms with Gasteiger partial charge in [0.25, 0.3) is 5.91 Å². The number of amides is 2. The summed E-state index contributed by atoms with van der Waals surface area (Å²) in [4.78, 5) is 32.6. The number of rotatable bonds is 7. The molecule has 0 aromatic carbocycles. The molecule has 154 valence electrons. The fourth-order valence-electron chi connectivity index (χ4n) is 4.19. The molecule has 0 unspecified atom stereocenters. The van der Waals surface area contributed by atoms with Crippen LogP contribution < -0.4 is 5.32 Å². The number of aromatic nitrogens is 1. The topological polar surface area (TPSA) is 71.5 Å². The van der Waals surface area contributed by atoms with E-state index in [0.29, 0.717) is 25.3 Å². The third-order valence-electron chi connectivity index (χ3n) is 6.25. The first kappa shape index (κ1) is 20.8. The van der Waals surface area contributed by atoms with Gasteiger partial charge in [0.1, 0.15) is 11.2 Å². The van der Waals surface area contributed by atoms with Crippen LogP contribution in [0.3, 0.4) is 0 Å². The van der Waals surface area contributed by atoms with Crippen molar-refractivity contribution in [3.05, 3.63) is 30.1 Å². The van der Waals surface area contributed by atoms with Crippen molar-refractivity contribution in [2.75, 3.05) is 13.2 Å². The zero-order valence-corrected chi connectivity index (χ0v) is 17.2. The van der Waals surface area contributed by atoms with Crippen LogP contribution in [0.25, 0.3) is 0 Å². The highest BCUT2D eigenvalue weighted by molar-refractivity contribution is 5.98. The van der Waals surface area contributed by atoms with Crippen LogP contribution in [0.1, 0.15) is 75.7 Å². The first-order valence-electron chi connectivity index (χ1n) is 10.7. The molecule has 1 saturated heterocycles. The molecule has 3 rings (SSSR count). The Balaban J connectivity index is 1.83. The van der Waals surface area contributed by atoms with Crippen LogP contribution >= 0.6 is 0 Å². The first-order chi connectivity index (χ1) is 13.5. The van der Waals surface area contributed by atoms with Crippen LogP contribution in [0.15, 0.2) is 24.4 Å². The monoisotopic (exact) mass is 387 g/mol. The fourth-order valence-corrected chi connectivity index (χ4v) is 4.19. The zero-order chi connectivity index (χ0) is 20.0. The Bertz CT molecular complexity index is 654. The van der Waals surface area contributed by atoms with Gasteiger partial charge in [0.05, 0.1) is 6.10 Å². The Morgan fingerprint density at radius 3 is 2.61 bits per heavy atom. The van der Waals surface area contributed by atoms with Gasteiger partial charge >= 0.3 is 0 Å². The van der Waals surface area contributed by atoms with Gasteiger partial charge < -0.3 is 15.0 Å². The number of hydrogen-bond acceptors (Lipinski definition) is 4. The SMILES string of the molecule is CC[C@@](C)(C(=O)NC1CCCCC1)N(C[C@@H]1CCCO1)C(=O)c1ccccn1. The lowest BCUT2D eigenvalue weighted by atomic mass is 9.90. The lowest BCUT2D eigenvalue weighted by molar-refractivity contribution is -0.133. The molecule has 2 atom stereocenters. The average molecular weight is 388 g/mol. The van der Waals surface area contributed by atoms with Crippen molar-refractivity contribution in [3.8, 4) is 0 Å². The van der Waals surface area contributed by atoms with Gasteiger partial charge in [-0.2, -0.15) is 0 Å². The molecule has 2 aliphatic rings. The maximum Gasteiger partial charge on any atom is 0.273 e. The van der Waals surface area contributed by atoms with E-state index >= 15 is 0 Å². The first-order valence-corrected chi connectivity index (χ1v) is 10.7. The molecule has 1 saturated carbocycles. The van der Waals surface area contributed by atoms with Crippen LogP contribution in [0.2, 0.25) is 0 Å². The zero-order valence-electron chi connectivity index (χ0n) is 17.2. The van der Waals surface area contributed by atoms with E-state index in [2.05, 4.69) is 10.3 Å². The van der Waals surface area contributed by atoms with Crippen LogP contribution in [0, 0.1) is 0 Å². The highest BCUT2D eigenvalue weighted by Gasteiger charge is 2.43. The highest BCUT2D eigenvalue weighted by Crippen LogP contribution is 2.27. The van der Waals surface area contributed by atoms with E-state index in [1.807, 2.05) is 13.8 Å². The van der Waals surface area contributed by atoms with Crippen molar-refractivity contribution in [2.24, 2.45) is 0 Å². The Morgan fingerprint density at radius 1 is 1.21 bits per heavy atom. The van der Waals surface area contributed by atoms with Crippen molar-refractivity contribution in [1.29, 1.82) is 0 Å². The lowest BCUT2D eigenvalue weighted by Gasteiger charge is -2.41. The van der Waals surface area contributed by atoms with E-state index in [9.17, 15) is 9.59 Å². The summed E-state index contributed by atoms with van der Waals surface area (Å²) in [5, 5.41) is 3.23. The quantitative estimate of drug-likeness (QED) is 0.779. The lowest BCUT2D eigenvalue weighted by Crippen LogP contribution is -2.61. The van der Waals surface area contributed by atoms with Gasteiger partial charge in [0.2, 0.25) is 5.91 Å². The van der Waals surface area contributed by atoms with Crippen molar-refractivity contribution in [1.82, 2.24) is 15.2 Å². The summed E-state index contributed by atoms with van der Waals surface area (Å²) in [6.07, 6.45) is 9.61. The largest absolute Gasteiger partial charge is 0.376 e. The van der Waals surface area contributed by atoms with Gasteiger partial charge in [0.15, 0.2) is 0 Å². The molecule has 1 aromatic heterocycles. The van der Waals surface area contributed by atoms with Crippen molar-refractivity contribution < 1.29 is 14.3 Å². The predicted octanol–water partition coefficient (Wildman–Crippen LogP) is 3.32. The Kier molecular flexibility index (Phi) is 7.05. The second-order valence-electron chi connectivity index (χ2n) is 8.20. The molecular weight excluding hydrogens is 354 g/mol. The molecular formula is C22H33N3O3. The summed E-state index contributed by atoms with van der Waals surface area (Å²) >= 11 is 0. The Labute approximate surface area is 168 Å². The van der Waals surface area contributed by atoms with Gasteiger partial charge in [-0.1, -0.05) is 32.3 Å². The number of nitrogens with one attached hydrogen (secondary N) is 1. The molecule has 1 aliphatic carbocycles. The summed E-state index contributed by atoms with van der Waals surface area (Å²) in [7, 11) is 0. The van der Waals surface area contributed by atoms with Crippen molar-refractivity contribution in [2.45, 2.75) is 82.9 Å². The van der Waals surface area contributed by atoms with Gasteiger partial charge in [-0.15, -0.1) is 0 Å². The molecule has 2 heterocycles. The van der Waals surface area contributed by atoms with Crippen molar-refractivity contribution >= 4 is 11.8 Å². The smallest absolute Gasteiger partial charge is 0.273 e. The summed E-state index contributed by atoms with van der Waals surface area (Å²) in [6.45, 7) is 4.97. The number of pyridine rings is 1. The van der Waals surface area contributed by atoms with Crippen LogP contribution in [-0.2, 0) is 9.53 Å². The normalized spacial score (nSPS) is 22.4. The maximum atomic E-state index is 13.4. The fraction of sp³-hybridized carbons (Fsp3) is 0.682. The van der Waals surface area contributed by atoms with Gasteiger partial charge in [-0.3, -0.25) is 14.6 Å². The summed E-state index contributed by atoms with van der Waals surface area (Å²) in [6, 6.07) is 5.51. The Morgan fingerprint density at radius 2 is 2.00 bits per heavy atom. The average Bonchev–Trinajstić information content (AvgIpc) is 3.25. The maximum absolute atomic E-state index is 13.4. The molecule has 2 amide bonds. The minimum absolute atomic E-state index is 0.0268. The minimum Gasteiger partial charge on any atom is -0.376 e. The molecule has 2 fully saturated rings. The molecule has 1 aliphatic heterocycles. The van der Waals surface area contributed by atoms with E-state index in [4.69, 9.17) is 4.74 Å². The molecule has 0 bridgehead atoms. The molecule has 0 spiro atoms.